The van der Waals surface area contributed by atoms with Gasteiger partial charge >= 0.3 is 5.97 Å². The number of nitrogens with two attached hydrogens (primary N) is 1. The Hall–Kier alpha value is -2.35. The molecule has 2 rings (SSSR count). The molecule has 1 heterocycles. The first-order valence-corrected chi connectivity index (χ1v) is 9.80. The highest BCUT2D eigenvalue weighted by Gasteiger charge is 2.44. The summed E-state index contributed by atoms with van der Waals surface area (Å²) in [6.07, 6.45) is 3.84. The van der Waals surface area contributed by atoms with Crippen molar-refractivity contribution < 1.29 is 24.5 Å². The number of hydrogen-bond donors (Lipinski definition) is 4. The van der Waals surface area contributed by atoms with Crippen molar-refractivity contribution in [3.05, 3.63) is 59.5 Å². The van der Waals surface area contributed by atoms with Gasteiger partial charge in [0.15, 0.2) is 5.60 Å². The Bertz CT molecular complexity index is 732. The number of rotatable bonds is 11. The Balaban J connectivity index is 2.00. The molecule has 1 aliphatic rings. The van der Waals surface area contributed by atoms with E-state index in [0.717, 1.165) is 11.1 Å². The third-order valence-corrected chi connectivity index (χ3v) is 4.97. The van der Waals surface area contributed by atoms with Crippen molar-refractivity contribution in [3.63, 3.8) is 0 Å². The summed E-state index contributed by atoms with van der Waals surface area (Å²) in [7, 11) is 1.55. The van der Waals surface area contributed by atoms with Crippen LogP contribution in [0.15, 0.2) is 53.9 Å². The first kappa shape index (κ1) is 22.9. The lowest BCUT2D eigenvalue weighted by atomic mass is 9.83. The topological polar surface area (TPSA) is 114 Å². The van der Waals surface area contributed by atoms with Crippen molar-refractivity contribution in [1.29, 1.82) is 0 Å². The van der Waals surface area contributed by atoms with Gasteiger partial charge in [-0.15, -0.1) is 0 Å². The molecule has 0 amide bonds. The number of carboxylic acids is 1. The Kier molecular flexibility index (Phi) is 8.25. The Labute approximate surface area is 172 Å². The number of nitrogens with one attached hydrogen (secondary N) is 1. The minimum absolute atomic E-state index is 0.0717. The second kappa shape index (κ2) is 10.4. The van der Waals surface area contributed by atoms with E-state index in [1.165, 1.54) is 0 Å². The fourth-order valence-corrected chi connectivity index (χ4v) is 3.33. The molecule has 0 radical (unpaired) electrons. The molecule has 160 valence electrons. The van der Waals surface area contributed by atoms with Crippen molar-refractivity contribution in [2.45, 2.75) is 51.0 Å². The zero-order chi connectivity index (χ0) is 21.4. The Morgan fingerprint density at radius 3 is 2.55 bits per heavy atom. The zero-order valence-electron chi connectivity index (χ0n) is 17.3. The van der Waals surface area contributed by atoms with Gasteiger partial charge in [-0.2, -0.15) is 0 Å². The molecule has 0 fully saturated rings. The van der Waals surface area contributed by atoms with Gasteiger partial charge in [-0.25, -0.2) is 4.79 Å². The van der Waals surface area contributed by atoms with E-state index < -0.39 is 23.7 Å². The summed E-state index contributed by atoms with van der Waals surface area (Å²) < 4.78 is 11.2. The van der Waals surface area contributed by atoms with Crippen LogP contribution in [0.5, 0.6) is 0 Å². The molecule has 1 unspecified atom stereocenters. The molecule has 0 spiro atoms. The SMILES string of the molecule is COC1=CC(C[C@](O)(C(=O)O)[C@@H](N)CC(C)C)NC=C1COCc1ccccc1. The molecule has 0 aliphatic carbocycles. The quantitative estimate of drug-likeness (QED) is 0.447. The average molecular weight is 405 g/mol. The van der Waals surface area contributed by atoms with Gasteiger partial charge in [0.05, 0.1) is 26.4 Å². The number of carboxylic acid groups (broad SMARTS) is 1. The molecule has 7 heteroatoms. The van der Waals surface area contributed by atoms with Crippen molar-refractivity contribution >= 4 is 5.97 Å². The third-order valence-electron chi connectivity index (χ3n) is 4.97. The summed E-state index contributed by atoms with van der Waals surface area (Å²) in [5.41, 5.74) is 5.89. The number of aliphatic hydroxyl groups is 1. The lowest BCUT2D eigenvalue weighted by Gasteiger charge is -2.34. The monoisotopic (exact) mass is 404 g/mol. The molecule has 0 saturated heterocycles. The van der Waals surface area contributed by atoms with Gasteiger partial charge in [0.25, 0.3) is 0 Å². The number of benzene rings is 1. The summed E-state index contributed by atoms with van der Waals surface area (Å²) in [4.78, 5) is 11.8. The zero-order valence-corrected chi connectivity index (χ0v) is 17.3. The normalized spacial score (nSPS) is 19.6. The van der Waals surface area contributed by atoms with E-state index in [9.17, 15) is 15.0 Å². The van der Waals surface area contributed by atoms with Gasteiger partial charge < -0.3 is 30.7 Å². The van der Waals surface area contributed by atoms with Gasteiger partial charge in [-0.3, -0.25) is 0 Å². The molecule has 0 aromatic heterocycles. The minimum Gasteiger partial charge on any atom is -0.497 e. The highest BCUT2D eigenvalue weighted by molar-refractivity contribution is 5.78. The second-order valence-electron chi connectivity index (χ2n) is 7.83. The molecular formula is C22H32N2O5. The minimum atomic E-state index is -2.04. The van der Waals surface area contributed by atoms with Crippen LogP contribution in [0.2, 0.25) is 0 Å². The lowest BCUT2D eigenvalue weighted by Crippen LogP contribution is -2.57. The summed E-state index contributed by atoms with van der Waals surface area (Å²) in [6.45, 7) is 4.69. The van der Waals surface area contributed by atoms with Crippen LogP contribution in [-0.2, 0) is 20.9 Å². The number of hydrogen-bond acceptors (Lipinski definition) is 6. The summed E-state index contributed by atoms with van der Waals surface area (Å²) in [5.74, 6) is -0.554. The highest BCUT2D eigenvalue weighted by Crippen LogP contribution is 2.26. The van der Waals surface area contributed by atoms with Crippen LogP contribution in [-0.4, -0.2) is 47.6 Å². The summed E-state index contributed by atoms with van der Waals surface area (Å²) in [6, 6.07) is 8.54. The van der Waals surface area contributed by atoms with Crippen LogP contribution in [0, 0.1) is 5.92 Å². The van der Waals surface area contributed by atoms with Gasteiger partial charge in [-0.1, -0.05) is 44.2 Å². The fraction of sp³-hybridized carbons (Fsp3) is 0.500. The molecule has 0 bridgehead atoms. The third kappa shape index (κ3) is 6.32. The number of carbonyl (C=O) groups is 1. The second-order valence-corrected chi connectivity index (χ2v) is 7.83. The van der Waals surface area contributed by atoms with E-state index in [1.54, 1.807) is 19.4 Å². The molecule has 29 heavy (non-hydrogen) atoms. The van der Waals surface area contributed by atoms with E-state index in [4.69, 9.17) is 15.2 Å². The van der Waals surface area contributed by atoms with E-state index in [1.807, 2.05) is 44.2 Å². The summed E-state index contributed by atoms with van der Waals surface area (Å²) in [5, 5.41) is 23.5. The first-order chi connectivity index (χ1) is 13.8. The van der Waals surface area contributed by atoms with E-state index in [2.05, 4.69) is 5.32 Å². The molecule has 1 aromatic rings. The number of aliphatic carboxylic acids is 1. The maximum atomic E-state index is 11.8. The smallest absolute Gasteiger partial charge is 0.337 e. The van der Waals surface area contributed by atoms with Gasteiger partial charge in [-0.05, 0) is 24.0 Å². The van der Waals surface area contributed by atoms with Crippen LogP contribution in [0.25, 0.3) is 0 Å². The van der Waals surface area contributed by atoms with Crippen molar-refractivity contribution in [2.24, 2.45) is 11.7 Å². The predicted molar refractivity (Wildman–Crippen MR) is 111 cm³/mol. The van der Waals surface area contributed by atoms with E-state index in [-0.39, 0.29) is 12.3 Å². The van der Waals surface area contributed by atoms with Crippen LogP contribution < -0.4 is 11.1 Å². The predicted octanol–water partition coefficient (Wildman–Crippen LogP) is 2.17. The van der Waals surface area contributed by atoms with Gasteiger partial charge in [0.2, 0.25) is 0 Å². The standard InChI is InChI=1S/C22H32N2O5/c1-15(2)9-20(23)22(27,21(25)26)11-18-10-19(28-3)17(12-24-18)14-29-13-16-7-5-4-6-8-16/h4-8,10,12,15,18,20,24,27H,9,11,13-14,23H2,1-3H3,(H,25,26)/t18?,20-,22+/m0/s1. The molecule has 5 N–H and O–H groups in total. The molecule has 7 nitrogen and oxygen atoms in total. The van der Waals surface area contributed by atoms with Gasteiger partial charge in [0, 0.05) is 24.2 Å². The van der Waals surface area contributed by atoms with Crippen LogP contribution in [0.3, 0.4) is 0 Å². The van der Waals surface area contributed by atoms with Crippen molar-refractivity contribution in [1.82, 2.24) is 5.32 Å². The first-order valence-electron chi connectivity index (χ1n) is 9.80. The molecular weight excluding hydrogens is 372 g/mol. The largest absolute Gasteiger partial charge is 0.497 e. The molecule has 3 atom stereocenters. The maximum absolute atomic E-state index is 11.8. The van der Waals surface area contributed by atoms with Crippen molar-refractivity contribution in [3.8, 4) is 0 Å². The Morgan fingerprint density at radius 1 is 1.28 bits per heavy atom. The van der Waals surface area contributed by atoms with Crippen LogP contribution >= 0.6 is 0 Å². The Morgan fingerprint density at radius 2 is 1.97 bits per heavy atom. The van der Waals surface area contributed by atoms with Gasteiger partial charge in [0.1, 0.15) is 5.76 Å². The lowest BCUT2D eigenvalue weighted by molar-refractivity contribution is -0.162. The average Bonchev–Trinajstić information content (AvgIpc) is 2.68. The number of ether oxygens (including phenoxy) is 2. The molecule has 1 aromatic carbocycles. The number of dihydropyridines is 1. The van der Waals surface area contributed by atoms with Crippen LogP contribution in [0.4, 0.5) is 0 Å². The highest BCUT2D eigenvalue weighted by atomic mass is 16.5. The summed E-state index contributed by atoms with van der Waals surface area (Å²) >= 11 is 0. The fourth-order valence-electron chi connectivity index (χ4n) is 3.33. The van der Waals surface area contributed by atoms with Crippen molar-refractivity contribution in [2.75, 3.05) is 13.7 Å². The maximum Gasteiger partial charge on any atom is 0.337 e. The van der Waals surface area contributed by atoms with Crippen LogP contribution in [0.1, 0.15) is 32.3 Å². The molecule has 0 saturated carbocycles. The van der Waals surface area contributed by atoms with E-state index in [0.29, 0.717) is 25.4 Å². The van der Waals surface area contributed by atoms with E-state index >= 15 is 0 Å². The molecule has 1 aliphatic heterocycles. The number of methoxy groups -OCH3 is 1.